The fourth-order valence-corrected chi connectivity index (χ4v) is 4.60. The Bertz CT molecular complexity index is 641. The summed E-state index contributed by atoms with van der Waals surface area (Å²) in [5.74, 6) is 1.22. The van der Waals surface area contributed by atoms with Crippen LogP contribution in [0.1, 0.15) is 51.6 Å². The number of esters is 1. The van der Waals surface area contributed by atoms with Crippen molar-refractivity contribution in [2.75, 3.05) is 6.61 Å². The molecule has 5 heteroatoms. The van der Waals surface area contributed by atoms with Gasteiger partial charge < -0.3 is 10.1 Å². The van der Waals surface area contributed by atoms with Gasteiger partial charge in [0.25, 0.3) is 0 Å². The molecule has 4 nitrogen and oxygen atoms in total. The molecule has 2 saturated carbocycles. The summed E-state index contributed by atoms with van der Waals surface area (Å²) in [4.78, 5) is 24.7. The van der Waals surface area contributed by atoms with Crippen LogP contribution in [0.3, 0.4) is 0 Å². The standard InChI is InChI=1S/C20H26BrNO3/c1-4-25-18(23)11-17(12-5-7-14(21)8-6-12)22-19(24)13-9-15-16(10-13)20(15,2)3/h5-8,13,15-17H,4,9-11H2,1-3H3,(H,22,24)/t13?,15-,16+,17-/m0/s1. The van der Waals surface area contributed by atoms with Crippen LogP contribution in [0.15, 0.2) is 28.7 Å². The molecule has 0 saturated heterocycles. The van der Waals surface area contributed by atoms with E-state index < -0.39 is 0 Å². The molecule has 2 fully saturated rings. The monoisotopic (exact) mass is 407 g/mol. The second-order valence-corrected chi connectivity index (χ2v) is 8.74. The molecule has 0 radical (unpaired) electrons. The van der Waals surface area contributed by atoms with Crippen molar-refractivity contribution in [3.05, 3.63) is 34.3 Å². The minimum atomic E-state index is -0.343. The number of carbonyl (C=O) groups is 2. The molecule has 0 bridgehead atoms. The molecule has 0 aliphatic heterocycles. The first kappa shape index (κ1) is 18.4. The van der Waals surface area contributed by atoms with E-state index in [-0.39, 0.29) is 30.3 Å². The van der Waals surface area contributed by atoms with Crippen LogP contribution in [0.5, 0.6) is 0 Å². The molecule has 25 heavy (non-hydrogen) atoms. The number of nitrogens with one attached hydrogen (secondary N) is 1. The van der Waals surface area contributed by atoms with Crippen LogP contribution in [0.4, 0.5) is 0 Å². The van der Waals surface area contributed by atoms with Crippen molar-refractivity contribution in [3.63, 3.8) is 0 Å². The molecular formula is C20H26BrNO3. The van der Waals surface area contributed by atoms with E-state index in [1.165, 1.54) is 0 Å². The summed E-state index contributed by atoms with van der Waals surface area (Å²) < 4.78 is 6.04. The second kappa shape index (κ2) is 7.10. The highest BCUT2D eigenvalue weighted by Crippen LogP contribution is 2.68. The first-order valence-electron chi connectivity index (χ1n) is 9.04. The zero-order valence-electron chi connectivity index (χ0n) is 15.0. The topological polar surface area (TPSA) is 55.4 Å². The zero-order chi connectivity index (χ0) is 18.2. The summed E-state index contributed by atoms with van der Waals surface area (Å²) in [5, 5.41) is 3.10. The maximum Gasteiger partial charge on any atom is 0.308 e. The average Bonchev–Trinajstić information content (AvgIpc) is 2.91. The van der Waals surface area contributed by atoms with E-state index in [2.05, 4.69) is 35.1 Å². The van der Waals surface area contributed by atoms with Gasteiger partial charge in [0.2, 0.25) is 5.91 Å². The van der Waals surface area contributed by atoms with E-state index in [0.29, 0.717) is 23.9 Å². The number of rotatable bonds is 6. The number of carbonyl (C=O) groups excluding carboxylic acids is 2. The van der Waals surface area contributed by atoms with Crippen LogP contribution in [0.2, 0.25) is 0 Å². The number of benzene rings is 1. The minimum absolute atomic E-state index is 0.0696. The number of hydrogen-bond donors (Lipinski definition) is 1. The summed E-state index contributed by atoms with van der Waals surface area (Å²) in [6.45, 7) is 6.72. The van der Waals surface area contributed by atoms with Crippen molar-refractivity contribution in [2.45, 2.75) is 46.1 Å². The molecule has 1 aromatic carbocycles. The summed E-state index contributed by atoms with van der Waals surface area (Å²) in [6, 6.07) is 7.37. The smallest absolute Gasteiger partial charge is 0.308 e. The summed E-state index contributed by atoms with van der Waals surface area (Å²) in [6.07, 6.45) is 2.10. The highest BCUT2D eigenvalue weighted by Gasteiger charge is 2.62. The molecule has 2 aliphatic carbocycles. The second-order valence-electron chi connectivity index (χ2n) is 7.82. The summed E-state index contributed by atoms with van der Waals surface area (Å²) in [5.41, 5.74) is 1.33. The third-order valence-electron chi connectivity index (χ3n) is 6.00. The number of fused-ring (bicyclic) bond motifs is 1. The molecule has 1 unspecified atom stereocenters. The van der Waals surface area contributed by atoms with Crippen molar-refractivity contribution in [2.24, 2.45) is 23.2 Å². The third-order valence-corrected chi connectivity index (χ3v) is 6.53. The Morgan fingerprint density at radius 1 is 1.24 bits per heavy atom. The Kier molecular flexibility index (Phi) is 5.24. The fourth-order valence-electron chi connectivity index (χ4n) is 4.34. The van der Waals surface area contributed by atoms with Crippen LogP contribution in [0.25, 0.3) is 0 Å². The average molecular weight is 408 g/mol. The molecule has 0 aromatic heterocycles. The Hall–Kier alpha value is -1.36. The van der Waals surface area contributed by atoms with Gasteiger partial charge in [-0.25, -0.2) is 0 Å². The SMILES string of the molecule is CCOC(=O)C[C@H](NC(=O)C1C[C@@H]2[C@H](C1)C2(C)C)c1ccc(Br)cc1. The van der Waals surface area contributed by atoms with Crippen molar-refractivity contribution in [1.82, 2.24) is 5.32 Å². The first-order chi connectivity index (χ1) is 11.8. The van der Waals surface area contributed by atoms with Crippen molar-refractivity contribution in [3.8, 4) is 0 Å². The van der Waals surface area contributed by atoms with Crippen molar-refractivity contribution < 1.29 is 14.3 Å². The lowest BCUT2D eigenvalue weighted by Crippen LogP contribution is -2.35. The molecule has 3 rings (SSSR count). The van der Waals surface area contributed by atoms with Gasteiger partial charge in [0.1, 0.15) is 0 Å². The maximum atomic E-state index is 12.7. The van der Waals surface area contributed by atoms with Crippen molar-refractivity contribution >= 4 is 27.8 Å². The van der Waals surface area contributed by atoms with Gasteiger partial charge in [-0.1, -0.05) is 41.9 Å². The number of amides is 1. The van der Waals surface area contributed by atoms with E-state index in [9.17, 15) is 9.59 Å². The van der Waals surface area contributed by atoms with Gasteiger partial charge in [-0.3, -0.25) is 9.59 Å². The normalized spacial score (nSPS) is 27.3. The molecule has 2 aliphatic rings. The summed E-state index contributed by atoms with van der Waals surface area (Å²) in [7, 11) is 0. The Balaban J connectivity index is 1.66. The van der Waals surface area contributed by atoms with Gasteiger partial charge >= 0.3 is 5.97 Å². The van der Waals surface area contributed by atoms with E-state index in [1.54, 1.807) is 6.92 Å². The lowest BCUT2D eigenvalue weighted by molar-refractivity contribution is -0.144. The van der Waals surface area contributed by atoms with E-state index in [1.807, 2.05) is 24.3 Å². The summed E-state index contributed by atoms with van der Waals surface area (Å²) >= 11 is 3.42. The van der Waals surface area contributed by atoms with Gasteiger partial charge in [0, 0.05) is 10.4 Å². The molecule has 0 heterocycles. The predicted octanol–water partition coefficient (Wildman–Crippen LogP) is 4.24. The van der Waals surface area contributed by atoms with Gasteiger partial charge in [-0.15, -0.1) is 0 Å². The predicted molar refractivity (Wildman–Crippen MR) is 99.8 cm³/mol. The fraction of sp³-hybridized carbons (Fsp3) is 0.600. The molecule has 4 atom stereocenters. The maximum absolute atomic E-state index is 12.7. The molecule has 0 spiro atoms. The van der Waals surface area contributed by atoms with Gasteiger partial charge in [-0.05, 0) is 54.7 Å². The van der Waals surface area contributed by atoms with Crippen LogP contribution in [-0.4, -0.2) is 18.5 Å². The van der Waals surface area contributed by atoms with E-state index in [4.69, 9.17) is 4.74 Å². The van der Waals surface area contributed by atoms with Gasteiger partial charge in [0.15, 0.2) is 0 Å². The molecule has 1 N–H and O–H groups in total. The highest BCUT2D eigenvalue weighted by atomic mass is 79.9. The van der Waals surface area contributed by atoms with Crippen molar-refractivity contribution in [1.29, 1.82) is 0 Å². The number of hydrogen-bond acceptors (Lipinski definition) is 3. The zero-order valence-corrected chi connectivity index (χ0v) is 16.6. The Morgan fingerprint density at radius 3 is 2.40 bits per heavy atom. The highest BCUT2D eigenvalue weighted by molar-refractivity contribution is 9.10. The largest absolute Gasteiger partial charge is 0.466 e. The van der Waals surface area contributed by atoms with Crippen LogP contribution in [-0.2, 0) is 14.3 Å². The molecule has 136 valence electrons. The lowest BCUT2D eigenvalue weighted by Gasteiger charge is -2.22. The van der Waals surface area contributed by atoms with Crippen LogP contribution < -0.4 is 5.32 Å². The Labute approximate surface area is 157 Å². The van der Waals surface area contributed by atoms with Gasteiger partial charge in [-0.2, -0.15) is 0 Å². The number of halogens is 1. The van der Waals surface area contributed by atoms with Crippen LogP contribution in [0, 0.1) is 23.2 Å². The minimum Gasteiger partial charge on any atom is -0.466 e. The first-order valence-corrected chi connectivity index (χ1v) is 9.83. The quantitative estimate of drug-likeness (QED) is 0.717. The van der Waals surface area contributed by atoms with E-state index >= 15 is 0 Å². The molecular weight excluding hydrogens is 382 g/mol. The van der Waals surface area contributed by atoms with E-state index in [0.717, 1.165) is 22.9 Å². The molecule has 1 aromatic rings. The Morgan fingerprint density at radius 2 is 1.84 bits per heavy atom. The lowest BCUT2D eigenvalue weighted by atomic mass is 9.92. The number of ether oxygens (including phenoxy) is 1. The third kappa shape index (κ3) is 3.91. The van der Waals surface area contributed by atoms with Gasteiger partial charge in [0.05, 0.1) is 19.1 Å². The molecule has 1 amide bonds. The van der Waals surface area contributed by atoms with Crippen LogP contribution >= 0.6 is 15.9 Å².